The number of ether oxygens (including phenoxy) is 2. The lowest BCUT2D eigenvalue weighted by atomic mass is 9.93. The number of esters is 2. The number of hydrogen-bond donors (Lipinski definition) is 0. The highest BCUT2D eigenvalue weighted by Crippen LogP contribution is 2.45. The summed E-state index contributed by atoms with van der Waals surface area (Å²) in [6.45, 7) is 10.6. The van der Waals surface area contributed by atoms with Gasteiger partial charge in [-0.15, -0.1) is 11.3 Å². The van der Waals surface area contributed by atoms with Crippen molar-refractivity contribution in [2.24, 2.45) is 0 Å². The van der Waals surface area contributed by atoms with Crippen LogP contribution in [-0.2, 0) is 35.3 Å². The van der Waals surface area contributed by atoms with E-state index >= 15 is 0 Å². The Labute approximate surface area is 289 Å². The number of thiophene rings is 1. The average Bonchev–Trinajstić information content (AvgIpc) is 3.52. The number of rotatable bonds is 10. The molecule has 0 bridgehead atoms. The second kappa shape index (κ2) is 13.5. The second-order valence-corrected chi connectivity index (χ2v) is 13.7. The zero-order valence-corrected chi connectivity index (χ0v) is 28.5. The smallest absolute Gasteiger partial charge is 0.338 e. The lowest BCUT2D eigenvalue weighted by Crippen LogP contribution is -2.08. The van der Waals surface area contributed by atoms with Crippen LogP contribution >= 0.6 is 11.3 Å². The lowest BCUT2D eigenvalue weighted by Gasteiger charge is -2.10. The Balaban J connectivity index is 1.26. The van der Waals surface area contributed by atoms with E-state index in [0.717, 1.165) is 25.7 Å². The van der Waals surface area contributed by atoms with Crippen LogP contribution in [0.4, 0.5) is 0 Å². The summed E-state index contributed by atoms with van der Waals surface area (Å²) in [5, 5.41) is 7.70. The van der Waals surface area contributed by atoms with Gasteiger partial charge in [-0.25, -0.2) is 9.59 Å². The number of hydrogen-bond acceptors (Lipinski definition) is 5. The molecule has 0 spiro atoms. The Bertz CT molecular complexity index is 2240. The zero-order valence-electron chi connectivity index (χ0n) is 27.7. The van der Waals surface area contributed by atoms with Crippen LogP contribution in [0.1, 0.15) is 36.1 Å². The maximum absolute atomic E-state index is 12.0. The van der Waals surface area contributed by atoms with Gasteiger partial charge in [0.25, 0.3) is 0 Å². The summed E-state index contributed by atoms with van der Waals surface area (Å²) >= 11 is 1.91. The first-order chi connectivity index (χ1) is 23.7. The fourth-order valence-corrected chi connectivity index (χ4v) is 7.79. The molecule has 0 atom stereocenters. The first-order valence-corrected chi connectivity index (χ1v) is 17.3. The van der Waals surface area contributed by atoms with Gasteiger partial charge >= 0.3 is 11.9 Å². The van der Waals surface area contributed by atoms with E-state index in [1.165, 1.54) is 64.0 Å². The van der Waals surface area contributed by atoms with E-state index in [0.29, 0.717) is 22.6 Å². The van der Waals surface area contributed by atoms with Gasteiger partial charge in [0.1, 0.15) is 11.5 Å². The van der Waals surface area contributed by atoms with Crippen molar-refractivity contribution in [1.82, 2.24) is 0 Å². The van der Waals surface area contributed by atoms with Crippen LogP contribution in [0.2, 0.25) is 0 Å². The standard InChI is InChI=1S/C44H36O4S/c1-27(2)43(45)47-35-21-15-29(16-22-35)13-19-33-25-31-9-5-7-11-37(31)39-40-38-12-8-6-10-32(38)26-34(42(40)49-41(33)39)20-14-30-17-23-36(24-18-30)48-44(46)28(3)4/h5-12,15-18,21-26H,1,3,13-14,19-20H2,2,4H3. The maximum atomic E-state index is 12.0. The second-order valence-electron chi connectivity index (χ2n) is 12.7. The van der Waals surface area contributed by atoms with E-state index < -0.39 is 11.9 Å². The van der Waals surface area contributed by atoms with Crippen molar-refractivity contribution >= 4 is 65.0 Å². The molecule has 1 aromatic heterocycles. The Morgan fingerprint density at radius 2 is 0.939 bits per heavy atom. The molecule has 0 aliphatic rings. The molecule has 1 heterocycles. The average molecular weight is 661 g/mol. The Morgan fingerprint density at radius 1 is 0.551 bits per heavy atom. The molecule has 5 heteroatoms. The highest BCUT2D eigenvalue weighted by atomic mass is 32.1. The van der Waals surface area contributed by atoms with E-state index in [2.05, 4.69) is 73.8 Å². The molecular weight excluding hydrogens is 625 g/mol. The molecule has 0 amide bonds. The minimum atomic E-state index is -0.414. The van der Waals surface area contributed by atoms with Crippen molar-refractivity contribution in [3.63, 3.8) is 0 Å². The summed E-state index contributed by atoms with van der Waals surface area (Å²) in [7, 11) is 0. The van der Waals surface area contributed by atoms with Gasteiger partial charge in [-0.1, -0.05) is 86.0 Å². The predicted octanol–water partition coefficient (Wildman–Crippen LogP) is 10.9. The summed E-state index contributed by atoms with van der Waals surface area (Å²) in [4.78, 5) is 23.9. The van der Waals surface area contributed by atoms with Crippen LogP contribution in [0.25, 0.3) is 41.7 Å². The third kappa shape index (κ3) is 6.63. The third-order valence-corrected chi connectivity index (χ3v) is 10.3. The van der Waals surface area contributed by atoms with Gasteiger partial charge < -0.3 is 9.47 Å². The molecule has 242 valence electrons. The van der Waals surface area contributed by atoms with Crippen LogP contribution in [0.5, 0.6) is 11.5 Å². The van der Waals surface area contributed by atoms with Crippen molar-refractivity contribution in [2.45, 2.75) is 39.5 Å². The summed E-state index contributed by atoms with van der Waals surface area (Å²) in [5.41, 5.74) is 5.79. The van der Waals surface area contributed by atoms with Crippen molar-refractivity contribution in [1.29, 1.82) is 0 Å². The van der Waals surface area contributed by atoms with Gasteiger partial charge in [0.05, 0.1) is 0 Å². The topological polar surface area (TPSA) is 52.6 Å². The summed E-state index contributed by atoms with van der Waals surface area (Å²) in [6.07, 6.45) is 3.49. The molecule has 0 fully saturated rings. The molecule has 0 saturated heterocycles. The largest absolute Gasteiger partial charge is 0.423 e. The molecule has 7 aromatic rings. The van der Waals surface area contributed by atoms with Crippen molar-refractivity contribution in [3.8, 4) is 11.5 Å². The van der Waals surface area contributed by atoms with Gasteiger partial charge in [0, 0.05) is 31.3 Å². The van der Waals surface area contributed by atoms with Crippen LogP contribution in [0, 0.1) is 0 Å². The van der Waals surface area contributed by atoms with Crippen LogP contribution < -0.4 is 9.47 Å². The lowest BCUT2D eigenvalue weighted by molar-refractivity contribution is -0.130. The molecule has 7 rings (SSSR count). The van der Waals surface area contributed by atoms with E-state index in [9.17, 15) is 9.59 Å². The highest BCUT2D eigenvalue weighted by Gasteiger charge is 2.18. The van der Waals surface area contributed by atoms with Gasteiger partial charge in [-0.2, -0.15) is 0 Å². The van der Waals surface area contributed by atoms with E-state index in [-0.39, 0.29) is 0 Å². The predicted molar refractivity (Wildman–Crippen MR) is 203 cm³/mol. The van der Waals surface area contributed by atoms with Crippen LogP contribution in [-0.4, -0.2) is 11.9 Å². The molecule has 4 nitrogen and oxygen atoms in total. The fraction of sp³-hybridized carbons (Fsp3) is 0.136. The van der Waals surface area contributed by atoms with Crippen molar-refractivity contribution in [3.05, 3.63) is 156 Å². The summed E-state index contributed by atoms with van der Waals surface area (Å²) in [5.74, 6) is 0.219. The third-order valence-electron chi connectivity index (χ3n) is 8.94. The first kappa shape index (κ1) is 32.0. The number of carbonyl (C=O) groups is 2. The van der Waals surface area contributed by atoms with Crippen molar-refractivity contribution in [2.75, 3.05) is 0 Å². The minimum absolute atomic E-state index is 0.376. The minimum Gasteiger partial charge on any atom is -0.423 e. The van der Waals surface area contributed by atoms with Crippen LogP contribution in [0.15, 0.2) is 133 Å². The Hall–Kier alpha value is -5.52. The molecule has 0 N–H and O–H groups in total. The molecule has 0 unspecified atom stereocenters. The fourth-order valence-electron chi connectivity index (χ4n) is 6.37. The zero-order chi connectivity index (χ0) is 34.1. The highest BCUT2D eigenvalue weighted by molar-refractivity contribution is 7.26. The number of benzene rings is 6. The molecule has 0 aliphatic carbocycles. The maximum Gasteiger partial charge on any atom is 0.338 e. The molecule has 0 radical (unpaired) electrons. The van der Waals surface area contributed by atoms with E-state index in [1.54, 1.807) is 13.8 Å². The molecule has 6 aromatic carbocycles. The SMILES string of the molecule is C=C(C)C(=O)Oc1ccc(CCc2cc3ccccc3c3c2sc2c(CCc4ccc(OC(=O)C(=C)C)cc4)cc4ccccc4c23)cc1. The van der Waals surface area contributed by atoms with Gasteiger partial charge in [-0.3, -0.25) is 0 Å². The molecular formula is C44H36O4S. The summed E-state index contributed by atoms with van der Waals surface area (Å²) < 4.78 is 13.5. The summed E-state index contributed by atoms with van der Waals surface area (Å²) in [6, 6.07) is 37.7. The monoisotopic (exact) mass is 660 g/mol. The van der Waals surface area contributed by atoms with E-state index in [4.69, 9.17) is 9.47 Å². The van der Waals surface area contributed by atoms with Gasteiger partial charge in [0.2, 0.25) is 0 Å². The number of fused-ring (bicyclic) bond motifs is 7. The molecule has 0 aliphatic heterocycles. The number of aryl methyl sites for hydroxylation is 4. The Kier molecular flexibility index (Phi) is 8.85. The van der Waals surface area contributed by atoms with Crippen LogP contribution in [0.3, 0.4) is 0 Å². The van der Waals surface area contributed by atoms with Gasteiger partial charge in [-0.05, 0) is 120 Å². The van der Waals surface area contributed by atoms with E-state index in [1.807, 2.05) is 59.9 Å². The first-order valence-electron chi connectivity index (χ1n) is 16.5. The molecule has 0 saturated carbocycles. The molecule has 49 heavy (non-hydrogen) atoms. The quantitative estimate of drug-likeness (QED) is 0.0832. The van der Waals surface area contributed by atoms with Gasteiger partial charge in [0.15, 0.2) is 0 Å². The Morgan fingerprint density at radius 3 is 1.33 bits per heavy atom. The van der Waals surface area contributed by atoms with Crippen molar-refractivity contribution < 1.29 is 19.1 Å². The normalized spacial score (nSPS) is 11.3. The number of carbonyl (C=O) groups excluding carboxylic acids is 2.